The molecule has 1 amide bonds. The van der Waals surface area contributed by atoms with Crippen molar-refractivity contribution in [2.45, 2.75) is 40.0 Å². The van der Waals surface area contributed by atoms with Gasteiger partial charge < -0.3 is 5.73 Å². The summed E-state index contributed by atoms with van der Waals surface area (Å²) >= 11 is 0. The fraction of sp³-hybridized carbons (Fsp3) is 0.316. The highest BCUT2D eigenvalue weighted by Gasteiger charge is 2.34. The molecule has 0 aliphatic heterocycles. The second-order valence-electron chi connectivity index (χ2n) is 4.22. The van der Waals surface area contributed by atoms with Gasteiger partial charge in [0.25, 0.3) is 0 Å². The molecule has 0 fully saturated rings. The van der Waals surface area contributed by atoms with E-state index in [9.17, 15) is 4.79 Å². The zero-order valence-electron chi connectivity index (χ0n) is 13.8. The van der Waals surface area contributed by atoms with Crippen molar-refractivity contribution in [3.8, 4) is 0 Å². The van der Waals surface area contributed by atoms with Crippen molar-refractivity contribution in [3.63, 3.8) is 0 Å². The molecule has 0 saturated heterocycles. The van der Waals surface area contributed by atoms with Crippen LogP contribution < -0.4 is 5.73 Å². The molecule has 21 heavy (non-hydrogen) atoms. The van der Waals surface area contributed by atoms with Gasteiger partial charge in [-0.05, 0) is 18.1 Å². The number of rotatable bonds is 3. The first-order valence-corrected chi connectivity index (χ1v) is 7.56. The second kappa shape index (κ2) is 9.76. The zero-order chi connectivity index (χ0) is 16.3. The van der Waals surface area contributed by atoms with E-state index in [4.69, 9.17) is 5.73 Å². The van der Waals surface area contributed by atoms with Crippen LogP contribution in [-0.4, -0.2) is 5.91 Å². The van der Waals surface area contributed by atoms with Crippen LogP contribution >= 0.6 is 0 Å². The summed E-state index contributed by atoms with van der Waals surface area (Å²) in [4.78, 5) is 11.8. The van der Waals surface area contributed by atoms with Crippen molar-refractivity contribution >= 4 is 5.91 Å². The topological polar surface area (TPSA) is 43.1 Å². The van der Waals surface area contributed by atoms with Crippen LogP contribution in [0.3, 0.4) is 0 Å². The molecule has 0 spiro atoms. The first kappa shape index (κ1) is 18.9. The van der Waals surface area contributed by atoms with Gasteiger partial charge in [-0.1, -0.05) is 88.4 Å². The maximum Gasteiger partial charge on any atom is 0.232 e. The normalized spacial score (nSPS) is 9.57. The number of hydrogen-bond acceptors (Lipinski definition) is 1. The van der Waals surface area contributed by atoms with E-state index in [0.717, 1.165) is 11.1 Å². The minimum absolute atomic E-state index is 0. The zero-order valence-corrected chi connectivity index (χ0v) is 13.8. The Morgan fingerprint density at radius 3 is 1.33 bits per heavy atom. The molecule has 0 aliphatic carbocycles. The van der Waals surface area contributed by atoms with Gasteiger partial charge in [-0.25, -0.2) is 0 Å². The average Bonchev–Trinajstić information content (AvgIpc) is 2.59. The third-order valence-corrected chi connectivity index (χ3v) is 3.20. The van der Waals surface area contributed by atoms with Gasteiger partial charge in [-0.2, -0.15) is 0 Å². The lowest BCUT2D eigenvalue weighted by Crippen LogP contribution is -2.39. The molecular formula is C19H29NO. The fourth-order valence-electron chi connectivity index (χ4n) is 1.99. The SMILES string of the molecule is CC.CC.CC(C(N)=O)(c1ccccc1)c1ccccc1.[HH]. The minimum atomic E-state index is -0.775. The molecule has 2 rings (SSSR count). The highest BCUT2D eigenvalue weighted by molar-refractivity contribution is 5.90. The third kappa shape index (κ3) is 4.45. The Kier molecular flexibility index (Phi) is 8.79. The van der Waals surface area contributed by atoms with E-state index in [1.165, 1.54) is 0 Å². The maximum absolute atomic E-state index is 11.8. The molecule has 0 atom stereocenters. The number of benzene rings is 2. The largest absolute Gasteiger partial charge is 0.369 e. The van der Waals surface area contributed by atoms with E-state index in [1.54, 1.807) is 0 Å². The van der Waals surface area contributed by atoms with Crippen LogP contribution in [0.5, 0.6) is 0 Å². The molecule has 2 aromatic rings. The van der Waals surface area contributed by atoms with Crippen LogP contribution in [0.25, 0.3) is 0 Å². The fourth-order valence-corrected chi connectivity index (χ4v) is 1.99. The summed E-state index contributed by atoms with van der Waals surface area (Å²) < 4.78 is 0. The van der Waals surface area contributed by atoms with Crippen LogP contribution in [0.4, 0.5) is 0 Å². The highest BCUT2D eigenvalue weighted by atomic mass is 16.1. The van der Waals surface area contributed by atoms with Crippen LogP contribution in [-0.2, 0) is 10.2 Å². The Labute approximate surface area is 130 Å². The molecule has 0 aromatic heterocycles. The van der Waals surface area contributed by atoms with Crippen LogP contribution in [0.1, 0.15) is 47.2 Å². The van der Waals surface area contributed by atoms with Crippen molar-refractivity contribution < 1.29 is 6.22 Å². The molecule has 116 valence electrons. The molecule has 2 aromatic carbocycles. The highest BCUT2D eigenvalue weighted by Crippen LogP contribution is 2.31. The summed E-state index contributed by atoms with van der Waals surface area (Å²) in [5.74, 6) is -0.338. The number of hydrogen-bond donors (Lipinski definition) is 1. The molecule has 0 unspecified atom stereocenters. The smallest absolute Gasteiger partial charge is 0.232 e. The molecule has 0 heterocycles. The van der Waals surface area contributed by atoms with E-state index in [-0.39, 0.29) is 7.33 Å². The van der Waals surface area contributed by atoms with Crippen LogP contribution in [0.2, 0.25) is 0 Å². The van der Waals surface area contributed by atoms with E-state index in [2.05, 4.69) is 0 Å². The average molecular weight is 287 g/mol. The number of primary amides is 1. The first-order chi connectivity index (χ1) is 10.2. The molecule has 2 heteroatoms. The predicted octanol–water partition coefficient (Wildman–Crippen LogP) is 4.78. The van der Waals surface area contributed by atoms with Gasteiger partial charge in [-0.3, -0.25) is 4.79 Å². The van der Waals surface area contributed by atoms with Gasteiger partial charge in [0.05, 0.1) is 5.41 Å². The number of carbonyl (C=O) groups is 1. The molecule has 0 saturated carbocycles. The second-order valence-corrected chi connectivity index (χ2v) is 4.22. The molecule has 0 radical (unpaired) electrons. The molecule has 0 aliphatic rings. The van der Waals surface area contributed by atoms with Gasteiger partial charge in [0.2, 0.25) is 5.91 Å². The lowest BCUT2D eigenvalue weighted by molar-refractivity contribution is -0.121. The number of carbonyl (C=O) groups excluding carboxylic acids is 1. The summed E-state index contributed by atoms with van der Waals surface area (Å²) in [6.45, 7) is 9.86. The van der Waals surface area contributed by atoms with E-state index in [0.29, 0.717) is 0 Å². The van der Waals surface area contributed by atoms with E-state index < -0.39 is 5.41 Å². The van der Waals surface area contributed by atoms with Crippen molar-refractivity contribution in [3.05, 3.63) is 71.8 Å². The van der Waals surface area contributed by atoms with E-state index in [1.807, 2.05) is 95.3 Å². The predicted molar refractivity (Wildman–Crippen MR) is 93.3 cm³/mol. The minimum Gasteiger partial charge on any atom is -0.369 e. The lowest BCUT2D eigenvalue weighted by atomic mass is 9.76. The summed E-state index contributed by atoms with van der Waals surface area (Å²) in [5.41, 5.74) is 6.65. The Balaban J connectivity index is 0. The van der Waals surface area contributed by atoms with Crippen molar-refractivity contribution in [2.75, 3.05) is 0 Å². The summed E-state index contributed by atoms with van der Waals surface area (Å²) in [7, 11) is 0. The van der Waals surface area contributed by atoms with Gasteiger partial charge >= 0.3 is 0 Å². The number of amides is 1. The molecule has 2 N–H and O–H groups in total. The van der Waals surface area contributed by atoms with Crippen molar-refractivity contribution in [2.24, 2.45) is 5.73 Å². The lowest BCUT2D eigenvalue weighted by Gasteiger charge is -2.27. The molecule has 2 nitrogen and oxygen atoms in total. The van der Waals surface area contributed by atoms with Crippen LogP contribution in [0.15, 0.2) is 60.7 Å². The quantitative estimate of drug-likeness (QED) is 0.867. The van der Waals surface area contributed by atoms with Crippen molar-refractivity contribution in [1.82, 2.24) is 0 Å². The standard InChI is InChI=1S/C15H15NO.2C2H6.H2/c1-15(14(16)17,12-8-4-2-5-9-12)13-10-6-3-7-11-13;2*1-2;/h2-11H,1H3,(H2,16,17);2*1-2H3;1H. The van der Waals surface area contributed by atoms with Gasteiger partial charge in [0.15, 0.2) is 0 Å². The van der Waals surface area contributed by atoms with E-state index >= 15 is 0 Å². The number of nitrogens with two attached hydrogens (primary N) is 1. The summed E-state index contributed by atoms with van der Waals surface area (Å²) in [5, 5.41) is 0. The van der Waals surface area contributed by atoms with Gasteiger partial charge in [0, 0.05) is 1.43 Å². The Bertz CT molecular complexity index is 472. The Morgan fingerprint density at radius 1 is 0.810 bits per heavy atom. The summed E-state index contributed by atoms with van der Waals surface area (Å²) in [6, 6.07) is 19.2. The van der Waals surface area contributed by atoms with Gasteiger partial charge in [0.1, 0.15) is 0 Å². The molecule has 0 bridgehead atoms. The molecular weight excluding hydrogens is 258 g/mol. The maximum atomic E-state index is 11.8. The first-order valence-electron chi connectivity index (χ1n) is 7.56. The monoisotopic (exact) mass is 287 g/mol. The van der Waals surface area contributed by atoms with Crippen molar-refractivity contribution in [1.29, 1.82) is 0 Å². The third-order valence-electron chi connectivity index (χ3n) is 3.20. The van der Waals surface area contributed by atoms with Gasteiger partial charge in [-0.15, -0.1) is 0 Å². The Morgan fingerprint density at radius 2 is 1.10 bits per heavy atom. The van der Waals surface area contributed by atoms with Crippen LogP contribution in [0, 0.1) is 0 Å². The summed E-state index contributed by atoms with van der Waals surface area (Å²) in [6.07, 6.45) is 0. The Hall–Kier alpha value is -2.09.